The van der Waals surface area contributed by atoms with E-state index in [2.05, 4.69) is 15.4 Å². The summed E-state index contributed by atoms with van der Waals surface area (Å²) in [6, 6.07) is 6.89. The van der Waals surface area contributed by atoms with Gasteiger partial charge in [0.05, 0.1) is 11.8 Å². The second-order valence-corrected chi connectivity index (χ2v) is 7.24. The van der Waals surface area contributed by atoms with E-state index in [0.29, 0.717) is 28.2 Å². The van der Waals surface area contributed by atoms with E-state index in [-0.39, 0.29) is 36.5 Å². The molecule has 4 heterocycles. The van der Waals surface area contributed by atoms with Crippen LogP contribution in [0.3, 0.4) is 0 Å². The zero-order chi connectivity index (χ0) is 21.6. The van der Waals surface area contributed by atoms with Gasteiger partial charge in [0.2, 0.25) is 6.79 Å². The van der Waals surface area contributed by atoms with Gasteiger partial charge in [-0.3, -0.25) is 4.79 Å². The Hall–Kier alpha value is -3.34. The van der Waals surface area contributed by atoms with Gasteiger partial charge in [0.25, 0.3) is 5.91 Å². The maximum atomic E-state index is 13.7. The largest absolute Gasteiger partial charge is 0.454 e. The summed E-state index contributed by atoms with van der Waals surface area (Å²) in [5.74, 6) is 0.351. The fourth-order valence-corrected chi connectivity index (χ4v) is 3.59. The molecule has 1 N–H and O–H groups in total. The molecule has 2 aromatic heterocycles. The molecule has 1 saturated heterocycles. The molecular formula is C20H17F3N4O4. The Morgan fingerprint density at radius 3 is 2.81 bits per heavy atom. The molecule has 1 fully saturated rings. The Balaban J connectivity index is 1.51. The highest BCUT2D eigenvalue weighted by molar-refractivity contribution is 5.93. The molecule has 0 radical (unpaired) electrons. The lowest BCUT2D eigenvalue weighted by Crippen LogP contribution is -2.32. The summed E-state index contributed by atoms with van der Waals surface area (Å²) >= 11 is 0. The highest BCUT2D eigenvalue weighted by Gasteiger charge is 2.36. The molecule has 8 nitrogen and oxygen atoms in total. The number of halogens is 3. The number of alkyl halides is 3. The number of carbonyl (C=O) groups is 1. The number of nitrogens with one attached hydrogen (secondary N) is 1. The van der Waals surface area contributed by atoms with Gasteiger partial charge in [0.15, 0.2) is 28.5 Å². The average molecular weight is 434 g/mol. The molecule has 162 valence electrons. The standard InChI is InChI=1S/C20H17F3N4O4/c21-20(22,23)17-7-13(11-3-4-15-16(6-11)31-10-30-15)25-18-8-14(26-27(17)18)19(28)24-9-12-2-1-5-29-12/h3-4,6-8,12H,1-2,5,9-10H2,(H,24,28)/t12-/m1/s1. The van der Waals surface area contributed by atoms with Crippen LogP contribution in [0, 0.1) is 0 Å². The molecule has 5 rings (SSSR count). The van der Waals surface area contributed by atoms with E-state index in [0.717, 1.165) is 18.9 Å². The van der Waals surface area contributed by atoms with Gasteiger partial charge in [-0.05, 0) is 37.1 Å². The van der Waals surface area contributed by atoms with Gasteiger partial charge < -0.3 is 19.5 Å². The van der Waals surface area contributed by atoms with Crippen molar-refractivity contribution in [2.75, 3.05) is 19.9 Å². The summed E-state index contributed by atoms with van der Waals surface area (Å²) in [5.41, 5.74) is -0.792. The van der Waals surface area contributed by atoms with Crippen LogP contribution in [0.1, 0.15) is 29.0 Å². The summed E-state index contributed by atoms with van der Waals surface area (Å²) in [6.45, 7) is 0.956. The minimum Gasteiger partial charge on any atom is -0.454 e. The third-order valence-electron chi connectivity index (χ3n) is 5.13. The first-order valence-corrected chi connectivity index (χ1v) is 9.66. The van der Waals surface area contributed by atoms with Crippen LogP contribution in [0.4, 0.5) is 13.2 Å². The maximum absolute atomic E-state index is 13.7. The zero-order valence-corrected chi connectivity index (χ0v) is 16.1. The van der Waals surface area contributed by atoms with Crippen molar-refractivity contribution in [1.82, 2.24) is 19.9 Å². The third-order valence-corrected chi connectivity index (χ3v) is 5.13. The van der Waals surface area contributed by atoms with E-state index in [4.69, 9.17) is 14.2 Å². The Kier molecular flexibility index (Phi) is 4.69. The van der Waals surface area contributed by atoms with E-state index < -0.39 is 17.8 Å². The van der Waals surface area contributed by atoms with E-state index in [1.165, 1.54) is 6.07 Å². The number of ether oxygens (including phenoxy) is 3. The molecule has 0 bridgehead atoms. The monoisotopic (exact) mass is 434 g/mol. The van der Waals surface area contributed by atoms with Crippen LogP contribution >= 0.6 is 0 Å². The van der Waals surface area contributed by atoms with Gasteiger partial charge in [-0.2, -0.15) is 18.3 Å². The molecule has 2 aliphatic heterocycles. The summed E-state index contributed by atoms with van der Waals surface area (Å²) in [5, 5.41) is 6.51. The molecule has 0 spiro atoms. The third kappa shape index (κ3) is 3.76. The number of rotatable bonds is 4. The first-order valence-electron chi connectivity index (χ1n) is 9.66. The van der Waals surface area contributed by atoms with E-state index >= 15 is 0 Å². The summed E-state index contributed by atoms with van der Waals surface area (Å²) < 4.78 is 57.8. The maximum Gasteiger partial charge on any atom is 0.433 e. The lowest BCUT2D eigenvalue weighted by Gasteiger charge is -2.11. The first kappa shape index (κ1) is 19.6. The molecule has 1 amide bonds. The van der Waals surface area contributed by atoms with Gasteiger partial charge in [0.1, 0.15) is 0 Å². The summed E-state index contributed by atoms with van der Waals surface area (Å²) in [7, 11) is 0. The zero-order valence-electron chi connectivity index (χ0n) is 16.1. The number of aromatic nitrogens is 3. The molecule has 2 aliphatic rings. The highest BCUT2D eigenvalue weighted by atomic mass is 19.4. The molecule has 1 atom stereocenters. The Labute approximate surface area is 173 Å². The topological polar surface area (TPSA) is 87.0 Å². The molecule has 0 unspecified atom stereocenters. The fraction of sp³-hybridized carbons (Fsp3) is 0.350. The summed E-state index contributed by atoms with van der Waals surface area (Å²) in [6.07, 6.45) is -3.06. The predicted octanol–water partition coefficient (Wildman–Crippen LogP) is 3.05. The van der Waals surface area contributed by atoms with Crippen LogP contribution in [-0.2, 0) is 10.9 Å². The van der Waals surface area contributed by atoms with Crippen molar-refractivity contribution in [3.63, 3.8) is 0 Å². The van der Waals surface area contributed by atoms with E-state index in [1.54, 1.807) is 18.2 Å². The van der Waals surface area contributed by atoms with Crippen LogP contribution < -0.4 is 14.8 Å². The number of amides is 1. The Morgan fingerprint density at radius 2 is 2.03 bits per heavy atom. The van der Waals surface area contributed by atoms with Crippen molar-refractivity contribution in [3.8, 4) is 22.8 Å². The van der Waals surface area contributed by atoms with Gasteiger partial charge in [-0.25, -0.2) is 9.50 Å². The lowest BCUT2D eigenvalue weighted by atomic mass is 10.1. The van der Waals surface area contributed by atoms with Crippen molar-refractivity contribution < 1.29 is 32.2 Å². The van der Waals surface area contributed by atoms with Crippen molar-refractivity contribution in [2.24, 2.45) is 0 Å². The Bertz CT molecular complexity index is 1160. The van der Waals surface area contributed by atoms with E-state index in [9.17, 15) is 18.0 Å². The average Bonchev–Trinajstić information content (AvgIpc) is 3.50. The van der Waals surface area contributed by atoms with Crippen LogP contribution in [0.25, 0.3) is 16.9 Å². The summed E-state index contributed by atoms with van der Waals surface area (Å²) in [4.78, 5) is 16.7. The highest BCUT2D eigenvalue weighted by Crippen LogP contribution is 2.37. The lowest BCUT2D eigenvalue weighted by molar-refractivity contribution is -0.142. The number of fused-ring (bicyclic) bond motifs is 2. The minimum absolute atomic E-state index is 0.0477. The van der Waals surface area contributed by atoms with Gasteiger partial charge in [-0.15, -0.1) is 0 Å². The van der Waals surface area contributed by atoms with Crippen LogP contribution in [0.15, 0.2) is 30.3 Å². The van der Waals surface area contributed by atoms with Crippen molar-refractivity contribution in [1.29, 1.82) is 0 Å². The van der Waals surface area contributed by atoms with E-state index in [1.807, 2.05) is 0 Å². The van der Waals surface area contributed by atoms with Gasteiger partial charge >= 0.3 is 6.18 Å². The van der Waals surface area contributed by atoms with Crippen molar-refractivity contribution >= 4 is 11.6 Å². The molecule has 1 aromatic carbocycles. The molecule has 0 aliphatic carbocycles. The molecule has 0 saturated carbocycles. The minimum atomic E-state index is -4.70. The normalized spacial score (nSPS) is 18.0. The molecule has 11 heteroatoms. The molecular weight excluding hydrogens is 417 g/mol. The molecule has 31 heavy (non-hydrogen) atoms. The van der Waals surface area contributed by atoms with Gasteiger partial charge in [0, 0.05) is 24.8 Å². The van der Waals surface area contributed by atoms with Gasteiger partial charge in [-0.1, -0.05) is 0 Å². The fourth-order valence-electron chi connectivity index (χ4n) is 3.59. The molecule has 3 aromatic rings. The quantitative estimate of drug-likeness (QED) is 0.679. The predicted molar refractivity (Wildman–Crippen MR) is 101 cm³/mol. The number of hydrogen-bond donors (Lipinski definition) is 1. The van der Waals surface area contributed by atoms with Crippen molar-refractivity contribution in [2.45, 2.75) is 25.1 Å². The second-order valence-electron chi connectivity index (χ2n) is 7.24. The van der Waals surface area contributed by atoms with Crippen LogP contribution in [0.2, 0.25) is 0 Å². The van der Waals surface area contributed by atoms with Crippen LogP contribution in [0.5, 0.6) is 11.5 Å². The SMILES string of the molecule is O=C(NC[C@H]1CCCO1)c1cc2nc(-c3ccc4c(c3)OCO4)cc(C(F)(F)F)n2n1. The Morgan fingerprint density at radius 1 is 1.19 bits per heavy atom. The number of hydrogen-bond acceptors (Lipinski definition) is 6. The van der Waals surface area contributed by atoms with Crippen LogP contribution in [-0.4, -0.2) is 46.6 Å². The number of benzene rings is 1. The number of nitrogens with zero attached hydrogens (tertiary/aromatic N) is 3. The first-order chi connectivity index (χ1) is 14.9. The van der Waals surface area contributed by atoms with Crippen molar-refractivity contribution in [3.05, 3.63) is 41.7 Å². The second kappa shape index (κ2) is 7.41. The smallest absolute Gasteiger partial charge is 0.433 e. The number of carbonyl (C=O) groups excluding carboxylic acids is 1.